The van der Waals surface area contributed by atoms with Gasteiger partial charge in [0.2, 0.25) is 5.91 Å². The molecule has 6 heteroatoms. The Kier molecular flexibility index (Phi) is 4.59. The molecule has 6 nitrogen and oxygen atoms in total. The quantitative estimate of drug-likeness (QED) is 0.839. The Morgan fingerprint density at radius 3 is 2.88 bits per heavy atom. The van der Waals surface area contributed by atoms with Crippen molar-refractivity contribution in [3.8, 4) is 0 Å². The molecular weight excluding hydrogens is 306 g/mol. The topological polar surface area (TPSA) is 58.8 Å². The maximum Gasteiger partial charge on any atom is 0.222 e. The minimum absolute atomic E-state index is 0.326. The Balaban J connectivity index is 1.36. The predicted molar refractivity (Wildman–Crippen MR) is 88.2 cm³/mol. The first-order valence-electron chi connectivity index (χ1n) is 9.19. The van der Waals surface area contributed by atoms with E-state index in [1.54, 1.807) is 0 Å². The zero-order valence-corrected chi connectivity index (χ0v) is 14.4. The number of amides is 1. The van der Waals surface area contributed by atoms with Gasteiger partial charge in [-0.2, -0.15) is 0 Å². The molecule has 3 fully saturated rings. The van der Waals surface area contributed by atoms with Gasteiger partial charge in [0.25, 0.3) is 0 Å². The molecule has 3 atom stereocenters. The van der Waals surface area contributed by atoms with E-state index in [0.717, 1.165) is 70.2 Å². The number of aromatic nitrogens is 1. The molecule has 0 saturated carbocycles. The fourth-order valence-electron chi connectivity index (χ4n) is 4.57. The monoisotopic (exact) mass is 333 g/mol. The molecule has 3 aliphatic heterocycles. The van der Waals surface area contributed by atoms with Gasteiger partial charge in [0, 0.05) is 45.2 Å². The minimum Gasteiger partial charge on any atom is -0.381 e. The smallest absolute Gasteiger partial charge is 0.222 e. The molecule has 24 heavy (non-hydrogen) atoms. The molecule has 0 aliphatic carbocycles. The third-order valence-electron chi connectivity index (χ3n) is 5.79. The van der Waals surface area contributed by atoms with Crippen molar-refractivity contribution in [1.82, 2.24) is 15.0 Å². The van der Waals surface area contributed by atoms with E-state index in [4.69, 9.17) is 9.26 Å². The summed E-state index contributed by atoms with van der Waals surface area (Å²) >= 11 is 0. The van der Waals surface area contributed by atoms with Crippen molar-refractivity contribution < 1.29 is 14.1 Å². The van der Waals surface area contributed by atoms with E-state index in [2.05, 4.69) is 10.1 Å². The molecule has 1 aromatic heterocycles. The highest BCUT2D eigenvalue weighted by molar-refractivity contribution is 5.76. The van der Waals surface area contributed by atoms with Crippen LogP contribution in [0.25, 0.3) is 0 Å². The van der Waals surface area contributed by atoms with Crippen LogP contribution in [0.2, 0.25) is 0 Å². The average Bonchev–Trinajstić information content (AvgIpc) is 3.28. The normalized spacial score (nSPS) is 30.7. The molecule has 0 N–H and O–H groups in total. The van der Waals surface area contributed by atoms with Crippen molar-refractivity contribution in [2.45, 2.75) is 32.7 Å². The highest BCUT2D eigenvalue weighted by Gasteiger charge is 2.42. The summed E-state index contributed by atoms with van der Waals surface area (Å²) in [5, 5.41) is 4.11. The van der Waals surface area contributed by atoms with Crippen molar-refractivity contribution in [3.05, 3.63) is 17.5 Å². The zero-order chi connectivity index (χ0) is 16.5. The molecule has 0 spiro atoms. The Morgan fingerprint density at radius 2 is 2.12 bits per heavy atom. The van der Waals surface area contributed by atoms with Gasteiger partial charge in [-0.1, -0.05) is 5.16 Å². The number of carbonyl (C=O) groups excluding carboxylic acids is 1. The average molecular weight is 333 g/mol. The molecule has 0 unspecified atom stereocenters. The maximum atomic E-state index is 12.5. The summed E-state index contributed by atoms with van der Waals surface area (Å²) in [6, 6.07) is 2.01. The van der Waals surface area contributed by atoms with Crippen LogP contribution in [0.3, 0.4) is 0 Å². The summed E-state index contributed by atoms with van der Waals surface area (Å²) in [6.07, 6.45) is 2.96. The second kappa shape index (κ2) is 6.84. The number of hydrogen-bond donors (Lipinski definition) is 0. The van der Waals surface area contributed by atoms with E-state index in [-0.39, 0.29) is 0 Å². The Hall–Kier alpha value is -1.40. The predicted octanol–water partition coefficient (Wildman–Crippen LogP) is 1.69. The lowest BCUT2D eigenvalue weighted by Crippen LogP contribution is -2.39. The minimum atomic E-state index is 0.326. The molecule has 0 radical (unpaired) electrons. The van der Waals surface area contributed by atoms with Crippen LogP contribution < -0.4 is 0 Å². The van der Waals surface area contributed by atoms with E-state index in [1.165, 1.54) is 0 Å². The summed E-state index contributed by atoms with van der Waals surface area (Å²) in [6.45, 7) is 8.27. The highest BCUT2D eigenvalue weighted by Crippen LogP contribution is 2.36. The van der Waals surface area contributed by atoms with Gasteiger partial charge in [0.1, 0.15) is 5.76 Å². The highest BCUT2D eigenvalue weighted by atomic mass is 16.5. The van der Waals surface area contributed by atoms with Gasteiger partial charge in [-0.05, 0) is 37.5 Å². The zero-order valence-electron chi connectivity index (χ0n) is 14.4. The first kappa shape index (κ1) is 16.1. The van der Waals surface area contributed by atoms with E-state index in [1.807, 2.05) is 17.9 Å². The maximum absolute atomic E-state index is 12.5. The summed E-state index contributed by atoms with van der Waals surface area (Å²) in [5.41, 5.74) is 0.997. The Bertz CT molecular complexity index is 582. The van der Waals surface area contributed by atoms with Crippen LogP contribution in [0.5, 0.6) is 0 Å². The molecule has 4 heterocycles. The van der Waals surface area contributed by atoms with Crippen LogP contribution in [-0.4, -0.2) is 60.3 Å². The summed E-state index contributed by atoms with van der Waals surface area (Å²) in [7, 11) is 0. The summed E-state index contributed by atoms with van der Waals surface area (Å²) in [4.78, 5) is 17.0. The third kappa shape index (κ3) is 3.35. The van der Waals surface area contributed by atoms with Crippen molar-refractivity contribution in [1.29, 1.82) is 0 Å². The van der Waals surface area contributed by atoms with Crippen molar-refractivity contribution in [2.24, 2.45) is 17.8 Å². The summed E-state index contributed by atoms with van der Waals surface area (Å²) < 4.78 is 11.0. The molecule has 0 bridgehead atoms. The second-order valence-corrected chi connectivity index (χ2v) is 7.64. The largest absolute Gasteiger partial charge is 0.381 e. The van der Waals surface area contributed by atoms with E-state index < -0.39 is 0 Å². The number of likely N-dealkylation sites (tertiary alicyclic amines) is 2. The van der Waals surface area contributed by atoms with Gasteiger partial charge in [-0.3, -0.25) is 9.69 Å². The third-order valence-corrected chi connectivity index (χ3v) is 5.79. The molecular formula is C18H27N3O3. The number of hydrogen-bond acceptors (Lipinski definition) is 5. The first-order chi connectivity index (χ1) is 11.7. The molecule has 3 saturated heterocycles. The van der Waals surface area contributed by atoms with Crippen molar-refractivity contribution in [3.63, 3.8) is 0 Å². The standard InChI is InChI=1S/C18H27N3O3/c1-13-6-16(19-24-13)9-20-8-15-12-23-11-14(17(15)10-20)7-18(22)21-4-2-3-5-21/h6,14-15,17H,2-5,7-12H2,1H3/t14-,15-,17+/m1/s1. The number of ether oxygens (including phenoxy) is 1. The lowest BCUT2D eigenvalue weighted by Gasteiger charge is -2.33. The van der Waals surface area contributed by atoms with Crippen LogP contribution in [0.15, 0.2) is 10.6 Å². The van der Waals surface area contributed by atoms with Gasteiger partial charge in [0.15, 0.2) is 0 Å². The van der Waals surface area contributed by atoms with E-state index in [0.29, 0.717) is 30.1 Å². The van der Waals surface area contributed by atoms with Gasteiger partial charge in [-0.15, -0.1) is 0 Å². The van der Waals surface area contributed by atoms with Crippen molar-refractivity contribution in [2.75, 3.05) is 39.4 Å². The second-order valence-electron chi connectivity index (χ2n) is 7.64. The van der Waals surface area contributed by atoms with Gasteiger partial charge in [-0.25, -0.2) is 0 Å². The van der Waals surface area contributed by atoms with Crippen LogP contribution in [-0.2, 0) is 16.1 Å². The number of nitrogens with zero attached hydrogens (tertiary/aromatic N) is 3. The Labute approximate surface area is 143 Å². The molecule has 132 valence electrons. The van der Waals surface area contributed by atoms with Crippen LogP contribution >= 0.6 is 0 Å². The molecule has 0 aromatic carbocycles. The SMILES string of the molecule is Cc1cc(CN2C[C@@H]3COC[C@@H](CC(=O)N4CCCC4)[C@@H]3C2)no1. The summed E-state index contributed by atoms with van der Waals surface area (Å²) in [5.74, 6) is 2.66. The Morgan fingerprint density at radius 1 is 1.29 bits per heavy atom. The molecule has 3 aliphatic rings. The van der Waals surface area contributed by atoms with Gasteiger partial charge < -0.3 is 14.2 Å². The molecule has 1 aromatic rings. The van der Waals surface area contributed by atoms with E-state index in [9.17, 15) is 4.79 Å². The van der Waals surface area contributed by atoms with Crippen LogP contribution in [0.1, 0.15) is 30.7 Å². The number of carbonyl (C=O) groups is 1. The van der Waals surface area contributed by atoms with Gasteiger partial charge in [0.05, 0.1) is 18.9 Å². The van der Waals surface area contributed by atoms with Crippen molar-refractivity contribution >= 4 is 5.91 Å². The molecule has 4 rings (SSSR count). The fraction of sp³-hybridized carbons (Fsp3) is 0.778. The lowest BCUT2D eigenvalue weighted by atomic mass is 9.81. The number of rotatable bonds is 4. The van der Waals surface area contributed by atoms with Crippen LogP contribution in [0, 0.1) is 24.7 Å². The molecule has 1 amide bonds. The van der Waals surface area contributed by atoms with Gasteiger partial charge >= 0.3 is 0 Å². The number of fused-ring (bicyclic) bond motifs is 1. The fourth-order valence-corrected chi connectivity index (χ4v) is 4.57. The van der Waals surface area contributed by atoms with Crippen LogP contribution in [0.4, 0.5) is 0 Å². The lowest BCUT2D eigenvalue weighted by molar-refractivity contribution is -0.133. The number of aryl methyl sites for hydroxylation is 1. The first-order valence-corrected chi connectivity index (χ1v) is 9.19. The van der Waals surface area contributed by atoms with E-state index >= 15 is 0 Å².